The number of rotatable bonds is 2. The second-order valence-electron chi connectivity index (χ2n) is 4.22. The van der Waals surface area contributed by atoms with Gasteiger partial charge in [-0.25, -0.2) is 9.97 Å². The molecule has 6 heteroatoms. The zero-order valence-corrected chi connectivity index (χ0v) is 9.48. The molecule has 18 heavy (non-hydrogen) atoms. The summed E-state index contributed by atoms with van der Waals surface area (Å²) in [4.78, 5) is 8.80. The molecule has 0 saturated carbocycles. The van der Waals surface area contributed by atoms with Crippen LogP contribution in [0, 0.1) is 0 Å². The van der Waals surface area contributed by atoms with Gasteiger partial charge < -0.3 is 9.15 Å². The molecule has 0 aromatic carbocycles. The fourth-order valence-electron chi connectivity index (χ4n) is 1.97. The van der Waals surface area contributed by atoms with Crippen LogP contribution in [0.5, 0.6) is 0 Å². The van der Waals surface area contributed by atoms with Gasteiger partial charge in [0.1, 0.15) is 0 Å². The Morgan fingerprint density at radius 1 is 1.28 bits per heavy atom. The maximum atomic E-state index is 5.36. The number of aromatic nitrogens is 4. The Hall–Kier alpha value is -2.21. The van der Waals surface area contributed by atoms with Gasteiger partial charge in [0.2, 0.25) is 0 Å². The molecule has 1 saturated heterocycles. The fourth-order valence-corrected chi connectivity index (χ4v) is 1.97. The second kappa shape index (κ2) is 3.64. The molecule has 4 rings (SSSR count). The smallest absolute Gasteiger partial charge is 0.198 e. The first-order chi connectivity index (χ1) is 8.92. The highest BCUT2D eigenvalue weighted by molar-refractivity contribution is 5.52. The van der Waals surface area contributed by atoms with Crippen LogP contribution in [0.4, 0.5) is 0 Å². The van der Waals surface area contributed by atoms with Crippen molar-refractivity contribution in [2.75, 3.05) is 13.2 Å². The van der Waals surface area contributed by atoms with Crippen LogP contribution in [-0.4, -0.2) is 32.8 Å². The van der Waals surface area contributed by atoms with Gasteiger partial charge in [-0.3, -0.25) is 0 Å². The lowest BCUT2D eigenvalue weighted by Crippen LogP contribution is -2.26. The molecule has 0 unspecified atom stereocenters. The molecule has 0 atom stereocenters. The summed E-state index contributed by atoms with van der Waals surface area (Å²) in [5, 5.41) is 4.49. The molecule has 4 heterocycles. The fraction of sp³-hybridized carbons (Fsp3) is 0.250. The van der Waals surface area contributed by atoms with Crippen molar-refractivity contribution in [1.29, 1.82) is 0 Å². The number of ether oxygens (including phenoxy) is 1. The highest BCUT2D eigenvalue weighted by atomic mass is 16.5. The maximum absolute atomic E-state index is 5.36. The molecule has 0 spiro atoms. The molecule has 0 bridgehead atoms. The third kappa shape index (κ3) is 1.36. The summed E-state index contributed by atoms with van der Waals surface area (Å²) < 4.78 is 12.2. The van der Waals surface area contributed by atoms with E-state index < -0.39 is 0 Å². The lowest BCUT2D eigenvalue weighted by atomic mass is 10.1. The third-order valence-corrected chi connectivity index (χ3v) is 3.01. The number of fused-ring (bicyclic) bond motifs is 1. The molecule has 1 aliphatic heterocycles. The van der Waals surface area contributed by atoms with Crippen LogP contribution >= 0.6 is 0 Å². The molecule has 90 valence electrons. The van der Waals surface area contributed by atoms with E-state index >= 15 is 0 Å². The van der Waals surface area contributed by atoms with Crippen LogP contribution in [-0.2, 0) is 4.74 Å². The maximum Gasteiger partial charge on any atom is 0.198 e. The van der Waals surface area contributed by atoms with E-state index in [1.165, 1.54) is 0 Å². The van der Waals surface area contributed by atoms with Crippen molar-refractivity contribution in [3.8, 4) is 11.6 Å². The Morgan fingerprint density at radius 2 is 2.22 bits per heavy atom. The summed E-state index contributed by atoms with van der Waals surface area (Å²) in [5.41, 5.74) is 0.776. The minimum Gasteiger partial charge on any atom is -0.461 e. The van der Waals surface area contributed by atoms with Gasteiger partial charge in [-0.1, -0.05) is 0 Å². The van der Waals surface area contributed by atoms with Gasteiger partial charge in [0.15, 0.2) is 23.1 Å². The lowest BCUT2D eigenvalue weighted by Gasteiger charge is -2.22. The molecule has 0 amide bonds. The summed E-state index contributed by atoms with van der Waals surface area (Å²) >= 11 is 0. The molecule has 0 radical (unpaired) electrons. The Kier molecular flexibility index (Phi) is 1.98. The summed E-state index contributed by atoms with van der Waals surface area (Å²) in [6.07, 6.45) is 3.33. The lowest BCUT2D eigenvalue weighted by molar-refractivity contribution is 0.00497. The van der Waals surface area contributed by atoms with E-state index in [-0.39, 0.29) is 0 Å². The van der Waals surface area contributed by atoms with Crippen LogP contribution in [0.1, 0.15) is 11.7 Å². The summed E-state index contributed by atoms with van der Waals surface area (Å²) in [7, 11) is 0. The molecule has 1 fully saturated rings. The standard InChI is InChI=1S/C12H10N4O2/c1-2-9(18-5-1)12-13-4-3-10-14-11(15-16(10)12)8-6-17-7-8/h1-5,8H,6-7H2. The van der Waals surface area contributed by atoms with Crippen molar-refractivity contribution in [2.45, 2.75) is 5.92 Å². The quantitative estimate of drug-likeness (QED) is 0.681. The topological polar surface area (TPSA) is 65.5 Å². The normalized spacial score (nSPS) is 16.0. The number of nitrogens with zero attached hydrogens (tertiary/aromatic N) is 4. The van der Waals surface area contributed by atoms with Crippen molar-refractivity contribution in [1.82, 2.24) is 19.6 Å². The van der Waals surface area contributed by atoms with E-state index in [0.717, 1.165) is 11.5 Å². The highest BCUT2D eigenvalue weighted by Gasteiger charge is 2.25. The molecule has 3 aromatic heterocycles. The summed E-state index contributed by atoms with van der Waals surface area (Å²) in [6.45, 7) is 1.39. The van der Waals surface area contributed by atoms with Crippen LogP contribution in [0.3, 0.4) is 0 Å². The van der Waals surface area contributed by atoms with Crippen LogP contribution in [0.15, 0.2) is 35.1 Å². The van der Waals surface area contributed by atoms with Crippen molar-refractivity contribution >= 4 is 5.65 Å². The first-order valence-corrected chi connectivity index (χ1v) is 5.75. The number of hydrogen-bond acceptors (Lipinski definition) is 5. The van der Waals surface area contributed by atoms with E-state index in [9.17, 15) is 0 Å². The summed E-state index contributed by atoms with van der Waals surface area (Å²) in [6, 6.07) is 5.52. The second-order valence-corrected chi connectivity index (χ2v) is 4.22. The minimum atomic E-state index is 0.300. The van der Waals surface area contributed by atoms with Gasteiger partial charge in [0.05, 0.1) is 25.4 Å². The third-order valence-electron chi connectivity index (χ3n) is 3.01. The average Bonchev–Trinajstić information content (AvgIpc) is 2.94. The molecular weight excluding hydrogens is 232 g/mol. The zero-order chi connectivity index (χ0) is 11.9. The van der Waals surface area contributed by atoms with Crippen LogP contribution in [0.25, 0.3) is 17.2 Å². The summed E-state index contributed by atoms with van der Waals surface area (Å²) in [5.74, 6) is 2.45. The predicted molar refractivity (Wildman–Crippen MR) is 62.0 cm³/mol. The Balaban J connectivity index is 1.90. The van der Waals surface area contributed by atoms with Crippen molar-refractivity contribution in [3.05, 3.63) is 36.5 Å². The first kappa shape index (κ1) is 9.78. The zero-order valence-electron chi connectivity index (χ0n) is 9.48. The van der Waals surface area contributed by atoms with E-state index in [1.54, 1.807) is 17.0 Å². The van der Waals surface area contributed by atoms with Gasteiger partial charge >= 0.3 is 0 Å². The van der Waals surface area contributed by atoms with Gasteiger partial charge in [-0.05, 0) is 12.1 Å². The number of hydrogen-bond donors (Lipinski definition) is 0. The minimum absolute atomic E-state index is 0.300. The average molecular weight is 242 g/mol. The largest absolute Gasteiger partial charge is 0.461 e. The molecule has 3 aromatic rings. The van der Waals surface area contributed by atoms with E-state index in [2.05, 4.69) is 15.1 Å². The Morgan fingerprint density at radius 3 is 2.94 bits per heavy atom. The van der Waals surface area contributed by atoms with Crippen molar-refractivity contribution < 1.29 is 9.15 Å². The first-order valence-electron chi connectivity index (χ1n) is 5.75. The van der Waals surface area contributed by atoms with Crippen LogP contribution < -0.4 is 0 Å². The SMILES string of the molecule is c1coc(-c2nccc3nc(C4COC4)nn23)c1. The van der Waals surface area contributed by atoms with E-state index in [0.29, 0.717) is 30.7 Å². The van der Waals surface area contributed by atoms with Crippen LogP contribution in [0.2, 0.25) is 0 Å². The van der Waals surface area contributed by atoms with Gasteiger partial charge in [0.25, 0.3) is 0 Å². The predicted octanol–water partition coefficient (Wildman–Crippen LogP) is 1.50. The number of furan rings is 1. The highest BCUT2D eigenvalue weighted by Crippen LogP contribution is 2.23. The van der Waals surface area contributed by atoms with E-state index in [4.69, 9.17) is 9.15 Å². The van der Waals surface area contributed by atoms with Gasteiger partial charge in [-0.15, -0.1) is 5.10 Å². The molecule has 0 N–H and O–H groups in total. The Bertz CT molecular complexity index is 685. The van der Waals surface area contributed by atoms with Crippen molar-refractivity contribution in [3.63, 3.8) is 0 Å². The molecule has 0 aliphatic carbocycles. The Labute approximate surface area is 102 Å². The molecule has 6 nitrogen and oxygen atoms in total. The van der Waals surface area contributed by atoms with Gasteiger partial charge in [0, 0.05) is 12.3 Å². The monoisotopic (exact) mass is 242 g/mol. The van der Waals surface area contributed by atoms with E-state index in [1.807, 2.05) is 18.2 Å². The molecule has 1 aliphatic rings. The molecular formula is C12H10N4O2. The van der Waals surface area contributed by atoms with Crippen molar-refractivity contribution in [2.24, 2.45) is 0 Å². The van der Waals surface area contributed by atoms with Gasteiger partial charge in [-0.2, -0.15) is 4.52 Å².